The monoisotopic (exact) mass is 413 g/mol. The molecule has 0 aliphatic carbocycles. The van der Waals surface area contributed by atoms with Gasteiger partial charge in [0.15, 0.2) is 0 Å². The highest BCUT2D eigenvalue weighted by molar-refractivity contribution is 6.09. The van der Waals surface area contributed by atoms with Gasteiger partial charge in [0, 0.05) is 22.7 Å². The first kappa shape index (κ1) is 19.8. The Morgan fingerprint density at radius 1 is 1.10 bits per heavy atom. The number of phenols is 1. The molecule has 0 radical (unpaired) electrons. The molecule has 0 fully saturated rings. The van der Waals surface area contributed by atoms with Crippen molar-refractivity contribution in [1.29, 1.82) is 0 Å². The van der Waals surface area contributed by atoms with E-state index in [2.05, 4.69) is 5.32 Å². The fourth-order valence-electron chi connectivity index (χ4n) is 3.52. The molecule has 1 heterocycles. The van der Waals surface area contributed by atoms with Gasteiger partial charge in [-0.15, -0.1) is 0 Å². The number of allylic oxidation sites excluding steroid dienone is 1. The predicted octanol–water partition coefficient (Wildman–Crippen LogP) is 5.76. The van der Waals surface area contributed by atoms with Crippen LogP contribution in [0, 0.1) is 0 Å². The number of rotatable bonds is 2. The Balaban J connectivity index is 1.65. The van der Waals surface area contributed by atoms with Crippen LogP contribution in [0.3, 0.4) is 0 Å². The second kappa shape index (κ2) is 7.74. The zero-order valence-electron chi connectivity index (χ0n) is 15.8. The van der Waals surface area contributed by atoms with Gasteiger partial charge in [-0.2, -0.15) is 13.2 Å². The Hall–Kier alpha value is -3.48. The van der Waals surface area contributed by atoms with E-state index in [0.29, 0.717) is 29.7 Å². The summed E-state index contributed by atoms with van der Waals surface area (Å²) in [5, 5.41) is 14.0. The number of phenolic OH excluding ortho intramolecular Hbond substituents is 1. The summed E-state index contributed by atoms with van der Waals surface area (Å²) in [5.74, 6) is -0.137. The largest absolute Gasteiger partial charge is 0.508 e. The van der Waals surface area contributed by atoms with E-state index in [1.54, 1.807) is 24.3 Å². The van der Waals surface area contributed by atoms with Gasteiger partial charge in [-0.1, -0.05) is 18.2 Å². The maximum Gasteiger partial charge on any atom is 0.416 e. The number of carbonyl (C=O) groups is 1. The molecular weight excluding hydrogens is 395 g/mol. The molecule has 0 aromatic heterocycles. The van der Waals surface area contributed by atoms with Crippen LogP contribution >= 0.6 is 0 Å². The van der Waals surface area contributed by atoms with Gasteiger partial charge in [0.2, 0.25) is 5.91 Å². The summed E-state index contributed by atoms with van der Waals surface area (Å²) < 4.78 is 44.5. The van der Waals surface area contributed by atoms with E-state index < -0.39 is 17.6 Å². The molecular formula is C23H18F3NO3. The molecule has 0 spiro atoms. The first-order valence-corrected chi connectivity index (χ1v) is 9.39. The topological polar surface area (TPSA) is 58.6 Å². The van der Waals surface area contributed by atoms with E-state index in [-0.39, 0.29) is 18.1 Å². The van der Waals surface area contributed by atoms with Crippen molar-refractivity contribution in [3.8, 4) is 11.5 Å². The summed E-state index contributed by atoms with van der Waals surface area (Å²) in [5.41, 5.74) is 0.892. The van der Waals surface area contributed by atoms with Crippen molar-refractivity contribution in [3.63, 3.8) is 0 Å². The average Bonchev–Trinajstić information content (AvgIpc) is 2.89. The van der Waals surface area contributed by atoms with Crippen LogP contribution in [0.5, 0.6) is 11.5 Å². The third kappa shape index (κ3) is 4.10. The minimum atomic E-state index is -4.46. The smallest absolute Gasteiger partial charge is 0.416 e. The first-order valence-electron chi connectivity index (χ1n) is 9.39. The number of hydrogen-bond donors (Lipinski definition) is 2. The Morgan fingerprint density at radius 2 is 1.93 bits per heavy atom. The van der Waals surface area contributed by atoms with Crippen LogP contribution in [0.4, 0.5) is 18.9 Å². The second-order valence-corrected chi connectivity index (χ2v) is 7.03. The molecule has 0 bridgehead atoms. The maximum atomic E-state index is 13.0. The third-order valence-corrected chi connectivity index (χ3v) is 4.93. The van der Waals surface area contributed by atoms with E-state index in [1.165, 1.54) is 18.2 Å². The average molecular weight is 413 g/mol. The minimum absolute atomic E-state index is 0.126. The zero-order chi connectivity index (χ0) is 21.3. The van der Waals surface area contributed by atoms with Gasteiger partial charge in [-0.25, -0.2) is 0 Å². The fourth-order valence-corrected chi connectivity index (χ4v) is 3.52. The SMILES string of the molecule is O=C(C=C1CCCOc2cc(C(F)(F)F)ccc21)Nc1cccc2cc(O)ccc12. The number of aromatic hydroxyl groups is 1. The Morgan fingerprint density at radius 3 is 2.73 bits per heavy atom. The fraction of sp³-hybridized carbons (Fsp3) is 0.174. The number of nitrogens with one attached hydrogen (secondary N) is 1. The molecule has 7 heteroatoms. The molecule has 0 saturated heterocycles. The number of hydrogen-bond acceptors (Lipinski definition) is 3. The van der Waals surface area contributed by atoms with Crippen molar-refractivity contribution >= 4 is 27.9 Å². The zero-order valence-corrected chi connectivity index (χ0v) is 15.8. The molecule has 4 rings (SSSR count). The first-order chi connectivity index (χ1) is 14.3. The van der Waals surface area contributed by atoms with E-state index in [0.717, 1.165) is 22.9 Å². The molecule has 0 unspecified atom stereocenters. The lowest BCUT2D eigenvalue weighted by molar-refractivity contribution is -0.137. The molecule has 2 N–H and O–H groups in total. The van der Waals surface area contributed by atoms with Crippen LogP contribution in [0.25, 0.3) is 16.3 Å². The standard InChI is InChI=1S/C23H18F3NO3/c24-23(25,26)16-6-8-19-15(4-2-10-30-21(19)13-16)12-22(29)27-20-5-1-3-14-11-17(28)7-9-18(14)20/h1,3,5-9,11-13,28H,2,4,10H2,(H,27,29). The lowest BCUT2D eigenvalue weighted by atomic mass is 9.99. The van der Waals surface area contributed by atoms with Crippen LogP contribution < -0.4 is 10.1 Å². The molecule has 3 aromatic rings. The van der Waals surface area contributed by atoms with E-state index in [9.17, 15) is 23.1 Å². The molecule has 0 atom stereocenters. The van der Waals surface area contributed by atoms with Gasteiger partial charge in [0.25, 0.3) is 0 Å². The van der Waals surface area contributed by atoms with Crippen molar-refractivity contribution in [2.75, 3.05) is 11.9 Å². The van der Waals surface area contributed by atoms with Gasteiger partial charge in [-0.05, 0) is 60.2 Å². The molecule has 0 saturated carbocycles. The van der Waals surface area contributed by atoms with Crippen LogP contribution in [0.1, 0.15) is 24.0 Å². The molecule has 3 aromatic carbocycles. The summed E-state index contributed by atoms with van der Waals surface area (Å²) in [4.78, 5) is 12.7. The lowest BCUT2D eigenvalue weighted by Crippen LogP contribution is -2.09. The number of anilines is 1. The molecule has 30 heavy (non-hydrogen) atoms. The van der Waals surface area contributed by atoms with Crippen molar-refractivity contribution in [3.05, 3.63) is 71.8 Å². The Bertz CT molecular complexity index is 1150. The van der Waals surface area contributed by atoms with Gasteiger partial charge >= 0.3 is 6.18 Å². The number of ether oxygens (including phenoxy) is 1. The highest BCUT2D eigenvalue weighted by Gasteiger charge is 2.32. The van der Waals surface area contributed by atoms with Gasteiger partial charge in [-0.3, -0.25) is 4.79 Å². The van der Waals surface area contributed by atoms with E-state index in [4.69, 9.17) is 4.74 Å². The van der Waals surface area contributed by atoms with Crippen molar-refractivity contribution in [2.45, 2.75) is 19.0 Å². The number of alkyl halides is 3. The molecule has 1 aliphatic rings. The molecule has 154 valence electrons. The predicted molar refractivity (Wildman–Crippen MR) is 108 cm³/mol. The Labute approximate surface area is 170 Å². The van der Waals surface area contributed by atoms with Crippen molar-refractivity contribution in [1.82, 2.24) is 0 Å². The quantitative estimate of drug-likeness (QED) is 0.525. The van der Waals surface area contributed by atoms with Gasteiger partial charge < -0.3 is 15.2 Å². The highest BCUT2D eigenvalue weighted by Crippen LogP contribution is 2.38. The van der Waals surface area contributed by atoms with Crippen molar-refractivity contribution in [2.24, 2.45) is 0 Å². The highest BCUT2D eigenvalue weighted by atomic mass is 19.4. The van der Waals surface area contributed by atoms with E-state index in [1.807, 2.05) is 6.07 Å². The number of fused-ring (bicyclic) bond motifs is 2. The normalized spacial score (nSPS) is 15.4. The summed E-state index contributed by atoms with van der Waals surface area (Å²) >= 11 is 0. The number of halogens is 3. The lowest BCUT2D eigenvalue weighted by Gasteiger charge is -2.13. The number of carbonyl (C=O) groups excluding carboxylic acids is 1. The van der Waals surface area contributed by atoms with Crippen LogP contribution in [0.15, 0.2) is 60.7 Å². The summed E-state index contributed by atoms with van der Waals surface area (Å²) in [6, 6.07) is 13.5. The van der Waals surface area contributed by atoms with Gasteiger partial charge in [0.1, 0.15) is 11.5 Å². The molecule has 1 aliphatic heterocycles. The van der Waals surface area contributed by atoms with E-state index >= 15 is 0 Å². The summed E-state index contributed by atoms with van der Waals surface area (Å²) in [6.07, 6.45) is -1.97. The number of amides is 1. The van der Waals surface area contributed by atoms with Crippen LogP contribution in [-0.2, 0) is 11.0 Å². The Kier molecular flexibility index (Phi) is 5.11. The third-order valence-electron chi connectivity index (χ3n) is 4.93. The summed E-state index contributed by atoms with van der Waals surface area (Å²) in [6.45, 7) is 0.278. The molecule has 1 amide bonds. The minimum Gasteiger partial charge on any atom is -0.508 e. The number of benzene rings is 3. The maximum absolute atomic E-state index is 13.0. The van der Waals surface area contributed by atoms with Gasteiger partial charge in [0.05, 0.1) is 12.2 Å². The van der Waals surface area contributed by atoms with Crippen molar-refractivity contribution < 1.29 is 27.8 Å². The summed E-state index contributed by atoms with van der Waals surface area (Å²) in [7, 11) is 0. The van der Waals surface area contributed by atoms with Crippen LogP contribution in [-0.4, -0.2) is 17.6 Å². The van der Waals surface area contributed by atoms with Crippen LogP contribution in [0.2, 0.25) is 0 Å². The molecule has 4 nitrogen and oxygen atoms in total. The second-order valence-electron chi connectivity index (χ2n) is 7.03.